The first-order valence-corrected chi connectivity index (χ1v) is 9.20. The highest BCUT2D eigenvalue weighted by molar-refractivity contribution is 6.30. The number of hydrogen-bond acceptors (Lipinski definition) is 3. The molecule has 0 fully saturated rings. The van der Waals surface area contributed by atoms with Crippen LogP contribution in [0.2, 0.25) is 5.02 Å². The lowest BCUT2D eigenvalue weighted by Gasteiger charge is -2.06. The second kappa shape index (κ2) is 8.28. The number of nitrogens with one attached hydrogen (secondary N) is 1. The lowest BCUT2D eigenvalue weighted by molar-refractivity contribution is -0.141. The SMILES string of the molecule is Cc1cc(NC(=O)CCn2nc(C(F)(F)F)cc2C)nn1Cc1ccc(Cl)cc1. The molecule has 29 heavy (non-hydrogen) atoms. The molecule has 154 valence electrons. The molecule has 10 heteroatoms. The predicted molar refractivity (Wildman–Crippen MR) is 103 cm³/mol. The van der Waals surface area contributed by atoms with Gasteiger partial charge >= 0.3 is 6.18 Å². The third kappa shape index (κ3) is 5.38. The second-order valence-electron chi connectivity index (χ2n) is 6.65. The minimum absolute atomic E-state index is 0.0249. The van der Waals surface area contributed by atoms with Crippen molar-refractivity contribution < 1.29 is 18.0 Å². The van der Waals surface area contributed by atoms with Crippen LogP contribution in [0.1, 0.15) is 29.1 Å². The molecule has 3 aromatic rings. The van der Waals surface area contributed by atoms with Gasteiger partial charge in [-0.3, -0.25) is 14.2 Å². The van der Waals surface area contributed by atoms with Crippen molar-refractivity contribution in [1.29, 1.82) is 0 Å². The first-order chi connectivity index (χ1) is 13.6. The molecule has 6 nitrogen and oxygen atoms in total. The summed E-state index contributed by atoms with van der Waals surface area (Å²) in [5, 5.41) is 11.2. The minimum Gasteiger partial charge on any atom is -0.309 e. The lowest BCUT2D eigenvalue weighted by Crippen LogP contribution is -2.16. The Bertz CT molecular complexity index is 1010. The Labute approximate surface area is 170 Å². The molecule has 0 radical (unpaired) electrons. The van der Waals surface area contributed by atoms with E-state index in [0.717, 1.165) is 17.3 Å². The number of hydrogen-bond donors (Lipinski definition) is 1. The molecule has 0 unspecified atom stereocenters. The highest BCUT2D eigenvalue weighted by Crippen LogP contribution is 2.28. The van der Waals surface area contributed by atoms with Crippen molar-refractivity contribution in [3.63, 3.8) is 0 Å². The molecule has 3 rings (SSSR count). The van der Waals surface area contributed by atoms with Crippen LogP contribution in [0.3, 0.4) is 0 Å². The number of amides is 1. The molecule has 0 bridgehead atoms. The van der Waals surface area contributed by atoms with E-state index in [4.69, 9.17) is 11.6 Å². The fraction of sp³-hybridized carbons (Fsp3) is 0.316. The van der Waals surface area contributed by atoms with Crippen LogP contribution in [0.25, 0.3) is 0 Å². The maximum Gasteiger partial charge on any atom is 0.435 e. The van der Waals surface area contributed by atoms with E-state index >= 15 is 0 Å². The molecule has 0 spiro atoms. The number of aryl methyl sites for hydroxylation is 3. The fourth-order valence-electron chi connectivity index (χ4n) is 2.78. The molecule has 1 aromatic carbocycles. The zero-order valence-electron chi connectivity index (χ0n) is 15.8. The summed E-state index contributed by atoms with van der Waals surface area (Å²) >= 11 is 5.88. The van der Waals surface area contributed by atoms with E-state index in [1.165, 1.54) is 11.6 Å². The third-order valence-electron chi connectivity index (χ3n) is 4.32. The molecule has 0 aliphatic rings. The summed E-state index contributed by atoms with van der Waals surface area (Å²) in [6, 6.07) is 10.1. The molecule has 0 aliphatic heterocycles. The number of alkyl halides is 3. The standard InChI is InChI=1S/C19H19ClF3N5O/c1-12-9-16(19(21,22)23)25-27(12)8-7-18(29)24-17-10-13(2)28(26-17)11-14-3-5-15(20)6-4-14/h3-6,9-10H,7-8,11H2,1-2H3,(H,24,26,29). The molecule has 0 saturated heterocycles. The highest BCUT2D eigenvalue weighted by Gasteiger charge is 2.34. The Kier molecular flexibility index (Phi) is 5.97. The van der Waals surface area contributed by atoms with Crippen molar-refractivity contribution in [3.8, 4) is 0 Å². The molecule has 2 heterocycles. The summed E-state index contributed by atoms with van der Waals surface area (Å²) in [4.78, 5) is 12.2. The van der Waals surface area contributed by atoms with Crippen molar-refractivity contribution in [2.24, 2.45) is 0 Å². The fourth-order valence-corrected chi connectivity index (χ4v) is 2.91. The molecule has 1 amide bonds. The van der Waals surface area contributed by atoms with Gasteiger partial charge in [0.25, 0.3) is 0 Å². The van der Waals surface area contributed by atoms with Crippen LogP contribution in [-0.4, -0.2) is 25.5 Å². The van der Waals surface area contributed by atoms with E-state index in [0.29, 0.717) is 23.1 Å². The van der Waals surface area contributed by atoms with Crippen molar-refractivity contribution >= 4 is 23.3 Å². The van der Waals surface area contributed by atoms with Crippen LogP contribution >= 0.6 is 11.6 Å². The smallest absolute Gasteiger partial charge is 0.309 e. The molecule has 0 atom stereocenters. The summed E-state index contributed by atoms with van der Waals surface area (Å²) < 4.78 is 41.0. The Morgan fingerprint density at radius 2 is 1.72 bits per heavy atom. The number of anilines is 1. The molecule has 0 saturated carbocycles. The van der Waals surface area contributed by atoms with E-state index in [1.807, 2.05) is 19.1 Å². The van der Waals surface area contributed by atoms with Crippen LogP contribution in [-0.2, 0) is 24.1 Å². The molecule has 2 aromatic heterocycles. The average molecular weight is 426 g/mol. The van der Waals surface area contributed by atoms with Crippen molar-refractivity contribution in [1.82, 2.24) is 19.6 Å². The van der Waals surface area contributed by atoms with Crippen LogP contribution in [0.15, 0.2) is 36.4 Å². The summed E-state index contributed by atoms with van der Waals surface area (Å²) in [6.45, 7) is 3.94. The number of rotatable bonds is 6. The third-order valence-corrected chi connectivity index (χ3v) is 4.57. The Hall–Kier alpha value is -2.81. The molecule has 1 N–H and O–H groups in total. The van der Waals surface area contributed by atoms with Gasteiger partial charge in [0.2, 0.25) is 5.91 Å². The monoisotopic (exact) mass is 425 g/mol. The van der Waals surface area contributed by atoms with E-state index < -0.39 is 11.9 Å². The number of benzene rings is 1. The van der Waals surface area contributed by atoms with Crippen molar-refractivity contribution in [2.75, 3.05) is 5.32 Å². The largest absolute Gasteiger partial charge is 0.435 e. The number of aromatic nitrogens is 4. The maximum atomic E-state index is 12.7. The van der Waals surface area contributed by atoms with Gasteiger partial charge in [-0.1, -0.05) is 23.7 Å². The normalized spacial score (nSPS) is 11.7. The molecular formula is C19H19ClF3N5O. The van der Waals surface area contributed by atoms with Gasteiger partial charge in [0.15, 0.2) is 11.5 Å². The Morgan fingerprint density at radius 3 is 2.34 bits per heavy atom. The van der Waals surface area contributed by atoms with Gasteiger partial charge in [0.1, 0.15) is 0 Å². The maximum absolute atomic E-state index is 12.7. The highest BCUT2D eigenvalue weighted by atomic mass is 35.5. The van der Waals surface area contributed by atoms with Gasteiger partial charge in [-0.2, -0.15) is 23.4 Å². The summed E-state index contributed by atoms with van der Waals surface area (Å²) in [5.74, 6) is 0.0271. The Balaban J connectivity index is 1.58. The predicted octanol–water partition coefficient (Wildman–Crippen LogP) is 4.45. The summed E-state index contributed by atoms with van der Waals surface area (Å²) in [7, 11) is 0. The number of carbonyl (C=O) groups is 1. The number of halogens is 4. The van der Waals surface area contributed by atoms with Gasteiger partial charge < -0.3 is 5.32 Å². The minimum atomic E-state index is -4.51. The van der Waals surface area contributed by atoms with Crippen LogP contribution < -0.4 is 5.32 Å². The average Bonchev–Trinajstić information content (AvgIpc) is 3.17. The van der Waals surface area contributed by atoms with E-state index in [1.54, 1.807) is 22.9 Å². The van der Waals surface area contributed by atoms with Gasteiger partial charge in [-0.05, 0) is 37.6 Å². The van der Waals surface area contributed by atoms with Crippen LogP contribution in [0.5, 0.6) is 0 Å². The van der Waals surface area contributed by atoms with Gasteiger partial charge in [-0.15, -0.1) is 0 Å². The van der Waals surface area contributed by atoms with Gasteiger partial charge in [-0.25, -0.2) is 0 Å². The lowest BCUT2D eigenvalue weighted by atomic mass is 10.2. The zero-order valence-corrected chi connectivity index (χ0v) is 16.6. The van der Waals surface area contributed by atoms with Gasteiger partial charge in [0.05, 0.1) is 6.54 Å². The Morgan fingerprint density at radius 1 is 1.07 bits per heavy atom. The number of carbonyl (C=O) groups excluding carboxylic acids is 1. The molecular weight excluding hydrogens is 407 g/mol. The zero-order chi connectivity index (χ0) is 21.2. The van der Waals surface area contributed by atoms with E-state index in [9.17, 15) is 18.0 Å². The van der Waals surface area contributed by atoms with Crippen LogP contribution in [0, 0.1) is 13.8 Å². The summed E-state index contributed by atoms with van der Waals surface area (Å²) in [5.41, 5.74) is 1.24. The first kappa shape index (κ1) is 20.9. The quantitative estimate of drug-likeness (QED) is 0.634. The van der Waals surface area contributed by atoms with Crippen LogP contribution in [0.4, 0.5) is 19.0 Å². The number of nitrogens with zero attached hydrogens (tertiary/aromatic N) is 4. The molecule has 0 aliphatic carbocycles. The summed E-state index contributed by atoms with van der Waals surface area (Å²) in [6.07, 6.45) is -4.53. The topological polar surface area (TPSA) is 64.7 Å². The van der Waals surface area contributed by atoms with Gasteiger partial charge in [0, 0.05) is 35.4 Å². The van der Waals surface area contributed by atoms with Crippen molar-refractivity contribution in [2.45, 2.75) is 39.5 Å². The second-order valence-corrected chi connectivity index (χ2v) is 7.08. The van der Waals surface area contributed by atoms with Crippen molar-refractivity contribution in [3.05, 3.63) is 64.1 Å². The van der Waals surface area contributed by atoms with E-state index in [2.05, 4.69) is 15.5 Å². The van der Waals surface area contributed by atoms with E-state index in [-0.39, 0.29) is 18.9 Å². The first-order valence-electron chi connectivity index (χ1n) is 8.82.